The van der Waals surface area contributed by atoms with Crippen molar-refractivity contribution in [3.8, 4) is 5.75 Å². The van der Waals surface area contributed by atoms with Gasteiger partial charge in [0.2, 0.25) is 0 Å². The van der Waals surface area contributed by atoms with Crippen LogP contribution < -0.4 is 0 Å². The van der Waals surface area contributed by atoms with Crippen molar-refractivity contribution in [2.75, 3.05) is 5.75 Å². The van der Waals surface area contributed by atoms with E-state index < -0.39 is 0 Å². The normalized spacial score (nSPS) is 18.1. The first-order valence-electron chi connectivity index (χ1n) is 7.07. The molecule has 0 aromatic heterocycles. The molecule has 1 aliphatic rings. The van der Waals surface area contributed by atoms with Crippen molar-refractivity contribution in [1.82, 2.24) is 0 Å². The summed E-state index contributed by atoms with van der Waals surface area (Å²) in [5, 5.41) is 20.2. The van der Waals surface area contributed by atoms with E-state index in [1.54, 1.807) is 23.9 Å². The summed E-state index contributed by atoms with van der Waals surface area (Å²) in [6, 6.07) is 3.42. The molecule has 0 spiro atoms. The summed E-state index contributed by atoms with van der Waals surface area (Å²) in [6.45, 7) is 0. The number of thioether (sulfide) groups is 1. The van der Waals surface area contributed by atoms with Crippen molar-refractivity contribution in [2.24, 2.45) is 5.92 Å². The van der Waals surface area contributed by atoms with E-state index in [9.17, 15) is 10.2 Å². The number of aliphatic hydroxyl groups is 1. The third-order valence-electron chi connectivity index (χ3n) is 3.87. The van der Waals surface area contributed by atoms with E-state index >= 15 is 0 Å². The Kier molecular flexibility index (Phi) is 6.34. The second-order valence-corrected chi connectivity index (χ2v) is 7.32. The predicted octanol–water partition coefficient (Wildman–Crippen LogP) is 5.12. The standard InChI is InChI=1S/C15H20Cl2O2S/c16-12-8-11(9-13(17)15(12)19)20-7-6-14(18)10-4-2-1-3-5-10/h8-10,14,18-19H,1-7H2. The van der Waals surface area contributed by atoms with E-state index in [0.29, 0.717) is 5.92 Å². The van der Waals surface area contributed by atoms with Gasteiger partial charge in [-0.25, -0.2) is 0 Å². The molecule has 1 aromatic carbocycles. The lowest BCUT2D eigenvalue weighted by atomic mass is 9.84. The molecule has 0 bridgehead atoms. The number of hydrogen-bond donors (Lipinski definition) is 2. The van der Waals surface area contributed by atoms with Gasteiger partial charge in [-0.2, -0.15) is 0 Å². The Morgan fingerprint density at radius 2 is 1.75 bits per heavy atom. The number of rotatable bonds is 5. The highest BCUT2D eigenvalue weighted by Crippen LogP contribution is 2.36. The molecule has 0 amide bonds. The molecular weight excluding hydrogens is 315 g/mol. The van der Waals surface area contributed by atoms with Crippen LogP contribution in [0.25, 0.3) is 0 Å². The summed E-state index contributed by atoms with van der Waals surface area (Å²) in [5.41, 5.74) is 0. The van der Waals surface area contributed by atoms with Crippen LogP contribution in [0.4, 0.5) is 0 Å². The van der Waals surface area contributed by atoms with Crippen LogP contribution in [0.3, 0.4) is 0 Å². The number of benzene rings is 1. The fourth-order valence-electron chi connectivity index (χ4n) is 2.68. The first-order valence-corrected chi connectivity index (χ1v) is 8.81. The van der Waals surface area contributed by atoms with E-state index in [0.717, 1.165) is 29.9 Å². The summed E-state index contributed by atoms with van der Waals surface area (Å²) < 4.78 is 0. The Morgan fingerprint density at radius 3 is 2.35 bits per heavy atom. The second kappa shape index (κ2) is 7.79. The van der Waals surface area contributed by atoms with Crippen LogP contribution in [0.5, 0.6) is 5.75 Å². The molecule has 0 aliphatic heterocycles. The minimum atomic E-state index is -0.203. The summed E-state index contributed by atoms with van der Waals surface area (Å²) in [4.78, 5) is 0.925. The number of halogens is 2. The molecule has 2 nitrogen and oxygen atoms in total. The van der Waals surface area contributed by atoms with E-state index in [-0.39, 0.29) is 21.9 Å². The van der Waals surface area contributed by atoms with Crippen LogP contribution in [0.15, 0.2) is 17.0 Å². The number of phenolic OH excluding ortho intramolecular Hbond substituents is 1. The van der Waals surface area contributed by atoms with Gasteiger partial charge >= 0.3 is 0 Å². The van der Waals surface area contributed by atoms with E-state index in [4.69, 9.17) is 23.2 Å². The first kappa shape index (κ1) is 16.3. The van der Waals surface area contributed by atoms with E-state index in [1.165, 1.54) is 19.3 Å². The third kappa shape index (κ3) is 4.45. The Labute approximate surface area is 134 Å². The Bertz CT molecular complexity index is 424. The quantitative estimate of drug-likeness (QED) is 0.734. The van der Waals surface area contributed by atoms with Crippen LogP contribution in [0, 0.1) is 5.92 Å². The zero-order valence-electron chi connectivity index (χ0n) is 11.3. The molecule has 1 unspecified atom stereocenters. The van der Waals surface area contributed by atoms with Crippen molar-refractivity contribution >= 4 is 35.0 Å². The molecule has 1 fully saturated rings. The van der Waals surface area contributed by atoms with E-state index in [2.05, 4.69) is 0 Å². The maximum absolute atomic E-state index is 10.2. The number of aliphatic hydroxyl groups excluding tert-OH is 1. The second-order valence-electron chi connectivity index (χ2n) is 5.34. The molecule has 112 valence electrons. The maximum Gasteiger partial charge on any atom is 0.152 e. The minimum Gasteiger partial charge on any atom is -0.505 e. The van der Waals surface area contributed by atoms with E-state index in [1.807, 2.05) is 0 Å². The van der Waals surface area contributed by atoms with Crippen molar-refractivity contribution in [3.05, 3.63) is 22.2 Å². The average molecular weight is 335 g/mol. The average Bonchev–Trinajstić information content (AvgIpc) is 2.45. The monoisotopic (exact) mass is 334 g/mol. The van der Waals surface area contributed by atoms with Crippen molar-refractivity contribution in [1.29, 1.82) is 0 Å². The topological polar surface area (TPSA) is 40.5 Å². The zero-order valence-corrected chi connectivity index (χ0v) is 13.6. The molecule has 1 aromatic rings. The van der Waals surface area contributed by atoms with Gasteiger partial charge in [0.25, 0.3) is 0 Å². The van der Waals surface area contributed by atoms with Gasteiger partial charge in [-0.1, -0.05) is 42.5 Å². The van der Waals surface area contributed by atoms with Crippen LogP contribution in [-0.4, -0.2) is 22.1 Å². The maximum atomic E-state index is 10.2. The van der Waals surface area contributed by atoms with Crippen LogP contribution in [-0.2, 0) is 0 Å². The van der Waals surface area contributed by atoms with Crippen molar-refractivity contribution in [2.45, 2.75) is 49.5 Å². The smallest absolute Gasteiger partial charge is 0.152 e. The molecule has 1 saturated carbocycles. The van der Waals surface area contributed by atoms with Gasteiger partial charge in [-0.05, 0) is 37.3 Å². The van der Waals surface area contributed by atoms with Crippen LogP contribution >= 0.6 is 35.0 Å². The Hall–Kier alpha value is -0.0900. The fourth-order valence-corrected chi connectivity index (χ4v) is 4.29. The van der Waals surface area contributed by atoms with Gasteiger partial charge in [0, 0.05) is 10.6 Å². The van der Waals surface area contributed by atoms with Crippen molar-refractivity contribution in [3.63, 3.8) is 0 Å². The minimum absolute atomic E-state index is 0.0695. The lowest BCUT2D eigenvalue weighted by Gasteiger charge is -2.26. The largest absolute Gasteiger partial charge is 0.505 e. The fraction of sp³-hybridized carbons (Fsp3) is 0.600. The summed E-state index contributed by atoms with van der Waals surface area (Å²) in [7, 11) is 0. The van der Waals surface area contributed by atoms with Gasteiger partial charge in [-0.15, -0.1) is 11.8 Å². The first-order chi connectivity index (χ1) is 9.58. The SMILES string of the molecule is Oc1c(Cl)cc(SCCC(O)C2CCCCC2)cc1Cl. The van der Waals surface area contributed by atoms with Gasteiger partial charge in [-0.3, -0.25) is 0 Å². The molecule has 2 rings (SSSR count). The van der Waals surface area contributed by atoms with Crippen molar-refractivity contribution < 1.29 is 10.2 Å². The number of aromatic hydroxyl groups is 1. The lowest BCUT2D eigenvalue weighted by molar-refractivity contribution is 0.0826. The van der Waals surface area contributed by atoms with Crippen LogP contribution in [0.2, 0.25) is 10.0 Å². The van der Waals surface area contributed by atoms with Crippen LogP contribution in [0.1, 0.15) is 38.5 Å². The highest BCUT2D eigenvalue weighted by atomic mass is 35.5. The lowest BCUT2D eigenvalue weighted by Crippen LogP contribution is -2.23. The highest BCUT2D eigenvalue weighted by molar-refractivity contribution is 7.99. The summed E-state index contributed by atoms with van der Waals surface area (Å²) in [6.07, 6.45) is 6.70. The molecule has 2 N–H and O–H groups in total. The predicted molar refractivity (Wildman–Crippen MR) is 86.0 cm³/mol. The van der Waals surface area contributed by atoms with Gasteiger partial charge < -0.3 is 10.2 Å². The Balaban J connectivity index is 1.80. The molecule has 0 heterocycles. The van der Waals surface area contributed by atoms with Gasteiger partial charge in [0.15, 0.2) is 5.75 Å². The Morgan fingerprint density at radius 1 is 1.15 bits per heavy atom. The number of hydrogen-bond acceptors (Lipinski definition) is 3. The highest BCUT2D eigenvalue weighted by Gasteiger charge is 2.21. The molecule has 1 atom stereocenters. The van der Waals surface area contributed by atoms with Gasteiger partial charge in [0.1, 0.15) is 0 Å². The summed E-state index contributed by atoms with van der Waals surface area (Å²) >= 11 is 13.4. The molecule has 5 heteroatoms. The summed E-state index contributed by atoms with van der Waals surface area (Å²) in [5.74, 6) is 1.23. The third-order valence-corrected chi connectivity index (χ3v) is 5.45. The van der Waals surface area contributed by atoms with Gasteiger partial charge in [0.05, 0.1) is 16.1 Å². The zero-order chi connectivity index (χ0) is 14.5. The molecular formula is C15H20Cl2O2S. The molecule has 0 saturated heterocycles. The number of phenols is 1. The molecule has 20 heavy (non-hydrogen) atoms. The molecule has 1 aliphatic carbocycles. The molecule has 0 radical (unpaired) electrons.